The van der Waals surface area contributed by atoms with E-state index in [0.717, 1.165) is 17.3 Å². The average Bonchev–Trinajstić information content (AvgIpc) is 2.71. The number of benzene rings is 2. The van der Waals surface area contributed by atoms with E-state index in [2.05, 4.69) is 15.3 Å². The van der Waals surface area contributed by atoms with E-state index in [1.54, 1.807) is 37.3 Å². The Morgan fingerprint density at radius 1 is 1.13 bits per heavy atom. The fourth-order valence-corrected chi connectivity index (χ4v) is 3.72. The number of hydrogen-bond acceptors (Lipinski definition) is 5. The van der Waals surface area contributed by atoms with Crippen LogP contribution in [0.3, 0.4) is 0 Å². The molecule has 30 heavy (non-hydrogen) atoms. The topological polar surface area (TPSA) is 91.9 Å². The van der Waals surface area contributed by atoms with E-state index in [9.17, 15) is 14.4 Å². The summed E-state index contributed by atoms with van der Waals surface area (Å²) >= 11 is 7.33. The highest BCUT2D eigenvalue weighted by molar-refractivity contribution is 7.99. The normalized spacial score (nSPS) is 10.6. The van der Waals surface area contributed by atoms with Gasteiger partial charge in [-0.3, -0.25) is 14.4 Å². The number of nitrogens with zero attached hydrogens (tertiary/aromatic N) is 1. The number of aryl methyl sites for hydroxylation is 1. The first-order chi connectivity index (χ1) is 14.3. The van der Waals surface area contributed by atoms with Gasteiger partial charge in [0, 0.05) is 34.0 Å². The maximum absolute atomic E-state index is 12.5. The van der Waals surface area contributed by atoms with Crippen molar-refractivity contribution in [3.05, 3.63) is 86.3 Å². The molecule has 0 fully saturated rings. The van der Waals surface area contributed by atoms with E-state index < -0.39 is 0 Å². The fourth-order valence-electron chi connectivity index (χ4n) is 2.81. The van der Waals surface area contributed by atoms with Crippen LogP contribution in [0.25, 0.3) is 0 Å². The number of aromatic nitrogens is 2. The molecule has 0 radical (unpaired) electrons. The van der Waals surface area contributed by atoms with E-state index in [4.69, 9.17) is 11.6 Å². The third kappa shape index (κ3) is 5.58. The summed E-state index contributed by atoms with van der Waals surface area (Å²) in [6, 6.07) is 14.0. The largest absolute Gasteiger partial charge is 0.325 e. The first-order valence-electron chi connectivity index (χ1n) is 9.20. The van der Waals surface area contributed by atoms with Crippen LogP contribution in [0.1, 0.15) is 34.1 Å². The monoisotopic (exact) mass is 441 g/mol. The quantitative estimate of drug-likeness (QED) is 0.325. The molecule has 0 aliphatic heterocycles. The van der Waals surface area contributed by atoms with Gasteiger partial charge in [-0.25, -0.2) is 4.98 Å². The summed E-state index contributed by atoms with van der Waals surface area (Å²) in [6.45, 7) is 3.25. The summed E-state index contributed by atoms with van der Waals surface area (Å²) in [5.74, 6) is -0.191. The molecular weight excluding hydrogens is 422 g/mol. The molecular formula is C22H20ClN3O3S. The van der Waals surface area contributed by atoms with Gasteiger partial charge in [-0.05, 0) is 49.7 Å². The van der Waals surface area contributed by atoms with Gasteiger partial charge in [0.25, 0.3) is 5.56 Å². The first kappa shape index (κ1) is 21.8. The van der Waals surface area contributed by atoms with Crippen LogP contribution in [0.15, 0.2) is 58.5 Å². The molecule has 2 N–H and O–H groups in total. The highest BCUT2D eigenvalue weighted by Gasteiger charge is 2.12. The number of aromatic amines is 1. The second kappa shape index (κ2) is 9.73. The molecule has 2 aromatic carbocycles. The van der Waals surface area contributed by atoms with Gasteiger partial charge in [-0.15, -0.1) is 0 Å². The zero-order chi connectivity index (χ0) is 21.7. The molecule has 1 amide bonds. The van der Waals surface area contributed by atoms with Crippen LogP contribution >= 0.6 is 23.4 Å². The smallest absolute Gasteiger partial charge is 0.255 e. The number of thioether (sulfide) groups is 1. The van der Waals surface area contributed by atoms with Gasteiger partial charge >= 0.3 is 0 Å². The highest BCUT2D eigenvalue weighted by atomic mass is 35.5. The Labute approximate surface area is 183 Å². The van der Waals surface area contributed by atoms with Crippen LogP contribution < -0.4 is 10.9 Å². The number of H-pyrrole nitrogens is 1. The molecule has 154 valence electrons. The van der Waals surface area contributed by atoms with E-state index >= 15 is 0 Å². The minimum absolute atomic E-state index is 0.0354. The minimum Gasteiger partial charge on any atom is -0.325 e. The van der Waals surface area contributed by atoms with Crippen molar-refractivity contribution >= 4 is 40.7 Å². The SMILES string of the molecule is CC(=O)c1ccc(NC(=O)CSc2nc(C)c(Cc3ccccc3Cl)c(=O)[nH]2)cc1. The van der Waals surface area contributed by atoms with Crippen LogP contribution in [0.2, 0.25) is 5.02 Å². The van der Waals surface area contributed by atoms with Crippen molar-refractivity contribution in [3.8, 4) is 0 Å². The van der Waals surface area contributed by atoms with Gasteiger partial charge < -0.3 is 10.3 Å². The number of carbonyl (C=O) groups excluding carboxylic acids is 2. The third-order valence-corrected chi connectivity index (χ3v) is 5.68. The predicted molar refractivity (Wildman–Crippen MR) is 120 cm³/mol. The molecule has 0 saturated carbocycles. The second-order valence-corrected chi connectivity index (χ2v) is 8.04. The lowest BCUT2D eigenvalue weighted by Gasteiger charge is -2.09. The highest BCUT2D eigenvalue weighted by Crippen LogP contribution is 2.20. The summed E-state index contributed by atoms with van der Waals surface area (Å²) in [7, 11) is 0. The summed E-state index contributed by atoms with van der Waals surface area (Å²) in [5, 5.41) is 3.73. The Bertz CT molecular complexity index is 1140. The molecule has 6 nitrogen and oxygen atoms in total. The first-order valence-corrected chi connectivity index (χ1v) is 10.6. The second-order valence-electron chi connectivity index (χ2n) is 6.67. The van der Waals surface area contributed by atoms with Gasteiger partial charge in [0.05, 0.1) is 5.75 Å². The van der Waals surface area contributed by atoms with Gasteiger partial charge in [0.2, 0.25) is 5.91 Å². The number of Topliss-reactive ketones (excluding diaryl/α,β-unsaturated/α-hetero) is 1. The van der Waals surface area contributed by atoms with E-state index in [-0.39, 0.29) is 23.0 Å². The van der Waals surface area contributed by atoms with E-state index in [1.165, 1.54) is 6.92 Å². The lowest BCUT2D eigenvalue weighted by Crippen LogP contribution is -2.19. The number of hydrogen-bond donors (Lipinski definition) is 2. The summed E-state index contributed by atoms with van der Waals surface area (Å²) in [5.41, 5.74) is 2.92. The molecule has 3 aromatic rings. The van der Waals surface area contributed by atoms with E-state index in [1.807, 2.05) is 18.2 Å². The number of rotatable bonds is 7. The molecule has 0 aliphatic rings. The molecule has 1 heterocycles. The summed E-state index contributed by atoms with van der Waals surface area (Å²) in [6.07, 6.45) is 0.384. The number of ketones is 1. The number of amides is 1. The Kier molecular flexibility index (Phi) is 7.07. The summed E-state index contributed by atoms with van der Waals surface area (Å²) in [4.78, 5) is 43.2. The van der Waals surface area contributed by atoms with Crippen molar-refractivity contribution in [2.45, 2.75) is 25.4 Å². The maximum Gasteiger partial charge on any atom is 0.255 e. The standard InChI is InChI=1S/C22H20ClN3O3S/c1-13-18(11-16-5-3-4-6-19(16)23)21(29)26-22(24-13)30-12-20(28)25-17-9-7-15(8-10-17)14(2)27/h3-10H,11-12H2,1-2H3,(H,25,28)(H,24,26,29). The predicted octanol–water partition coefficient (Wildman–Crippen LogP) is 4.26. The van der Waals surface area contributed by atoms with Crippen molar-refractivity contribution < 1.29 is 9.59 Å². The molecule has 0 spiro atoms. The molecule has 0 atom stereocenters. The number of anilines is 1. The summed E-state index contributed by atoms with van der Waals surface area (Å²) < 4.78 is 0. The Morgan fingerprint density at radius 3 is 2.47 bits per heavy atom. The van der Waals surface area contributed by atoms with Gasteiger partial charge in [0.15, 0.2) is 10.9 Å². The average molecular weight is 442 g/mol. The zero-order valence-corrected chi connectivity index (χ0v) is 18.1. The van der Waals surface area contributed by atoms with Gasteiger partial charge in [-0.2, -0.15) is 0 Å². The fraction of sp³-hybridized carbons (Fsp3) is 0.182. The van der Waals surface area contributed by atoms with Crippen molar-refractivity contribution in [1.82, 2.24) is 9.97 Å². The van der Waals surface area contributed by atoms with Crippen molar-refractivity contribution in [2.75, 3.05) is 11.1 Å². The number of carbonyl (C=O) groups is 2. The third-order valence-electron chi connectivity index (χ3n) is 4.44. The number of halogens is 1. The Hall–Kier alpha value is -2.90. The lowest BCUT2D eigenvalue weighted by atomic mass is 10.1. The van der Waals surface area contributed by atoms with Crippen molar-refractivity contribution in [3.63, 3.8) is 0 Å². The number of nitrogens with one attached hydrogen (secondary N) is 2. The Morgan fingerprint density at radius 2 is 1.83 bits per heavy atom. The van der Waals surface area contributed by atoms with Gasteiger partial charge in [-0.1, -0.05) is 41.6 Å². The lowest BCUT2D eigenvalue weighted by molar-refractivity contribution is -0.113. The zero-order valence-electron chi connectivity index (χ0n) is 16.5. The van der Waals surface area contributed by atoms with Gasteiger partial charge in [0.1, 0.15) is 0 Å². The van der Waals surface area contributed by atoms with Crippen LogP contribution in [-0.2, 0) is 11.2 Å². The van der Waals surface area contributed by atoms with Crippen LogP contribution in [0.5, 0.6) is 0 Å². The molecule has 0 bridgehead atoms. The molecule has 3 rings (SSSR count). The minimum atomic E-state index is -0.245. The molecule has 0 aliphatic carbocycles. The van der Waals surface area contributed by atoms with Crippen molar-refractivity contribution in [1.29, 1.82) is 0 Å². The maximum atomic E-state index is 12.5. The van der Waals surface area contributed by atoms with Crippen LogP contribution in [-0.4, -0.2) is 27.4 Å². The molecule has 1 aromatic heterocycles. The van der Waals surface area contributed by atoms with Crippen LogP contribution in [0.4, 0.5) is 5.69 Å². The Balaban J connectivity index is 1.63. The molecule has 0 saturated heterocycles. The molecule has 8 heteroatoms. The van der Waals surface area contributed by atoms with Crippen molar-refractivity contribution in [2.24, 2.45) is 0 Å². The molecule has 0 unspecified atom stereocenters. The van der Waals surface area contributed by atoms with E-state index in [0.29, 0.717) is 39.1 Å². The van der Waals surface area contributed by atoms with Crippen LogP contribution in [0, 0.1) is 6.92 Å².